The number of aromatic nitrogens is 2. The zero-order valence-electron chi connectivity index (χ0n) is 17.9. The van der Waals surface area contributed by atoms with Crippen LogP contribution in [0.1, 0.15) is 40.6 Å². The topological polar surface area (TPSA) is 106 Å². The Morgan fingerprint density at radius 1 is 0.909 bits per heavy atom. The molecule has 2 amide bonds. The quantitative estimate of drug-likeness (QED) is 0.425. The molecule has 2 N–H and O–H groups in total. The number of rotatable bonds is 8. The highest BCUT2D eigenvalue weighted by molar-refractivity contribution is 5.90. The van der Waals surface area contributed by atoms with Crippen LogP contribution in [0.15, 0.2) is 89.5 Å². The molecule has 1 aromatic heterocycles. The number of nitrogens with one attached hydrogen (secondary N) is 2. The molecule has 4 rings (SSSR count). The number of amides is 2. The first-order chi connectivity index (χ1) is 16.1. The average molecular weight is 442 g/mol. The molecule has 0 aliphatic carbocycles. The minimum absolute atomic E-state index is 0.0336. The van der Waals surface area contributed by atoms with Crippen molar-refractivity contribution in [3.05, 3.63) is 108 Å². The van der Waals surface area contributed by atoms with Crippen LogP contribution in [0.5, 0.6) is 5.75 Å². The number of anilines is 1. The fraction of sp³-hybridized carbons (Fsp3) is 0.120. The van der Waals surface area contributed by atoms with Crippen LogP contribution in [-0.4, -0.2) is 22.0 Å². The van der Waals surface area contributed by atoms with Gasteiger partial charge in [-0.05, 0) is 23.3 Å². The molecule has 8 nitrogen and oxygen atoms in total. The molecule has 0 radical (unpaired) electrons. The van der Waals surface area contributed by atoms with E-state index in [0.717, 1.165) is 11.1 Å². The Balaban J connectivity index is 1.46. The smallest absolute Gasteiger partial charge is 0.316 e. The monoisotopic (exact) mass is 442 g/mol. The van der Waals surface area contributed by atoms with Gasteiger partial charge < -0.3 is 19.9 Å². The Kier molecular flexibility index (Phi) is 6.75. The van der Waals surface area contributed by atoms with Gasteiger partial charge >= 0.3 is 11.8 Å². The number of para-hydroxylation sites is 2. The molecule has 0 atom stereocenters. The maximum Gasteiger partial charge on any atom is 0.316 e. The Bertz CT molecular complexity index is 1190. The lowest BCUT2D eigenvalue weighted by atomic mass is 9.99. The van der Waals surface area contributed by atoms with Gasteiger partial charge in [0, 0.05) is 6.92 Å². The van der Waals surface area contributed by atoms with Crippen LogP contribution in [0, 0.1) is 0 Å². The second-order valence-corrected chi connectivity index (χ2v) is 7.21. The second kappa shape index (κ2) is 10.2. The number of benzene rings is 3. The molecule has 0 bridgehead atoms. The molecule has 0 saturated heterocycles. The molecule has 0 fully saturated rings. The van der Waals surface area contributed by atoms with Crippen molar-refractivity contribution < 1.29 is 18.8 Å². The lowest BCUT2D eigenvalue weighted by Gasteiger charge is -2.18. The summed E-state index contributed by atoms with van der Waals surface area (Å²) in [6.07, 6.45) is 0. The number of ether oxygens (including phenoxy) is 1. The van der Waals surface area contributed by atoms with Crippen molar-refractivity contribution in [2.24, 2.45) is 0 Å². The first kappa shape index (κ1) is 21.8. The number of nitrogens with zero attached hydrogens (tertiary/aromatic N) is 2. The fourth-order valence-electron chi connectivity index (χ4n) is 3.28. The summed E-state index contributed by atoms with van der Waals surface area (Å²) in [7, 11) is 0. The summed E-state index contributed by atoms with van der Waals surface area (Å²) in [5.74, 6) is -0.216. The highest BCUT2D eigenvalue weighted by atomic mass is 16.5. The maximum absolute atomic E-state index is 12.9. The Morgan fingerprint density at radius 2 is 1.52 bits per heavy atom. The number of hydrogen-bond acceptors (Lipinski definition) is 6. The lowest BCUT2D eigenvalue weighted by Crippen LogP contribution is -2.29. The standard InChI is InChI=1S/C25H22N4O4/c1-17(30)26-20-14-8-9-15-21(20)32-16-22-27-25(33-29-22)24(31)28-23(18-10-4-2-5-11-18)19-12-6-3-7-13-19/h2-15,23H,16H2,1H3,(H,26,30)(H,28,31). The third-order valence-electron chi connectivity index (χ3n) is 4.76. The van der Waals surface area contributed by atoms with E-state index >= 15 is 0 Å². The van der Waals surface area contributed by atoms with Crippen molar-refractivity contribution in [2.45, 2.75) is 19.6 Å². The van der Waals surface area contributed by atoms with Crippen LogP contribution in [0.25, 0.3) is 0 Å². The number of carbonyl (C=O) groups excluding carboxylic acids is 2. The molecule has 0 saturated carbocycles. The third-order valence-corrected chi connectivity index (χ3v) is 4.76. The highest BCUT2D eigenvalue weighted by Crippen LogP contribution is 2.25. The first-order valence-electron chi connectivity index (χ1n) is 10.3. The average Bonchev–Trinajstić information content (AvgIpc) is 3.32. The van der Waals surface area contributed by atoms with E-state index in [2.05, 4.69) is 20.8 Å². The Labute approximate surface area is 190 Å². The van der Waals surface area contributed by atoms with E-state index in [4.69, 9.17) is 9.26 Å². The van der Waals surface area contributed by atoms with Crippen LogP contribution < -0.4 is 15.4 Å². The molecule has 0 aliphatic heterocycles. The first-order valence-corrected chi connectivity index (χ1v) is 10.3. The largest absolute Gasteiger partial charge is 0.483 e. The zero-order chi connectivity index (χ0) is 23.0. The predicted octanol–water partition coefficient (Wildman–Crippen LogP) is 4.13. The van der Waals surface area contributed by atoms with Crippen LogP contribution in [-0.2, 0) is 11.4 Å². The van der Waals surface area contributed by atoms with Crippen LogP contribution in [0.4, 0.5) is 5.69 Å². The normalized spacial score (nSPS) is 10.6. The van der Waals surface area contributed by atoms with Gasteiger partial charge in [0.05, 0.1) is 11.7 Å². The summed E-state index contributed by atoms with van der Waals surface area (Å²) in [5.41, 5.74) is 2.38. The fourth-order valence-corrected chi connectivity index (χ4v) is 3.28. The molecular weight excluding hydrogens is 420 g/mol. The van der Waals surface area contributed by atoms with Gasteiger partial charge in [0.15, 0.2) is 6.61 Å². The van der Waals surface area contributed by atoms with Crippen molar-refractivity contribution in [3.63, 3.8) is 0 Å². The molecule has 1 heterocycles. The van der Waals surface area contributed by atoms with E-state index < -0.39 is 5.91 Å². The summed E-state index contributed by atoms with van der Waals surface area (Å²) in [4.78, 5) is 28.4. The van der Waals surface area contributed by atoms with Gasteiger partial charge in [-0.15, -0.1) is 0 Å². The van der Waals surface area contributed by atoms with Crippen molar-refractivity contribution in [2.75, 3.05) is 5.32 Å². The molecule has 3 aromatic carbocycles. The molecule has 33 heavy (non-hydrogen) atoms. The predicted molar refractivity (Wildman–Crippen MR) is 122 cm³/mol. The molecular formula is C25H22N4O4. The molecule has 166 valence electrons. The van der Waals surface area contributed by atoms with Gasteiger partial charge in [0.25, 0.3) is 0 Å². The minimum Gasteiger partial charge on any atom is -0.483 e. The van der Waals surface area contributed by atoms with Crippen molar-refractivity contribution in [1.82, 2.24) is 15.5 Å². The molecule has 8 heteroatoms. The van der Waals surface area contributed by atoms with Gasteiger partial charge in [0.2, 0.25) is 11.7 Å². The van der Waals surface area contributed by atoms with Crippen LogP contribution in [0.2, 0.25) is 0 Å². The van der Waals surface area contributed by atoms with E-state index in [-0.39, 0.29) is 30.3 Å². The van der Waals surface area contributed by atoms with E-state index in [9.17, 15) is 9.59 Å². The van der Waals surface area contributed by atoms with Crippen molar-refractivity contribution in [3.8, 4) is 5.75 Å². The second-order valence-electron chi connectivity index (χ2n) is 7.21. The van der Waals surface area contributed by atoms with Gasteiger partial charge in [-0.3, -0.25) is 9.59 Å². The minimum atomic E-state index is -0.495. The van der Waals surface area contributed by atoms with Crippen molar-refractivity contribution in [1.29, 1.82) is 0 Å². The summed E-state index contributed by atoms with van der Waals surface area (Å²) in [5, 5.41) is 9.49. The summed E-state index contributed by atoms with van der Waals surface area (Å²) in [6, 6.07) is 25.9. The van der Waals surface area contributed by atoms with E-state index in [1.807, 2.05) is 60.7 Å². The molecule has 0 unspecified atom stereocenters. The number of hydrogen-bond donors (Lipinski definition) is 2. The summed E-state index contributed by atoms with van der Waals surface area (Å²) >= 11 is 0. The van der Waals surface area contributed by atoms with Gasteiger partial charge in [-0.25, -0.2) is 0 Å². The van der Waals surface area contributed by atoms with Crippen molar-refractivity contribution >= 4 is 17.5 Å². The van der Waals surface area contributed by atoms with Crippen LogP contribution >= 0.6 is 0 Å². The maximum atomic E-state index is 12.9. The molecule has 0 spiro atoms. The van der Waals surface area contributed by atoms with E-state index in [1.165, 1.54) is 6.92 Å². The van der Waals surface area contributed by atoms with Gasteiger partial charge in [0.1, 0.15) is 5.75 Å². The van der Waals surface area contributed by atoms with E-state index in [0.29, 0.717) is 11.4 Å². The summed E-state index contributed by atoms with van der Waals surface area (Å²) in [6.45, 7) is 1.38. The Morgan fingerprint density at radius 3 is 2.15 bits per heavy atom. The van der Waals surface area contributed by atoms with E-state index in [1.54, 1.807) is 24.3 Å². The Hall–Kier alpha value is -4.46. The molecule has 0 aliphatic rings. The van der Waals surface area contributed by atoms with Crippen LogP contribution in [0.3, 0.4) is 0 Å². The number of carbonyl (C=O) groups is 2. The zero-order valence-corrected chi connectivity index (χ0v) is 17.9. The van der Waals surface area contributed by atoms with Gasteiger partial charge in [-0.1, -0.05) is 78.0 Å². The third kappa shape index (κ3) is 5.62. The lowest BCUT2D eigenvalue weighted by molar-refractivity contribution is -0.114. The summed E-state index contributed by atoms with van der Waals surface area (Å²) < 4.78 is 10.9. The van der Waals surface area contributed by atoms with Gasteiger partial charge in [-0.2, -0.15) is 4.98 Å². The highest BCUT2D eigenvalue weighted by Gasteiger charge is 2.22. The SMILES string of the molecule is CC(=O)Nc1ccccc1OCc1noc(C(=O)NC(c2ccccc2)c2ccccc2)n1. The molecule has 4 aromatic rings.